The fourth-order valence-electron chi connectivity index (χ4n) is 1.94. The topological polar surface area (TPSA) is 50.4 Å². The van der Waals surface area contributed by atoms with Crippen LogP contribution in [-0.2, 0) is 5.60 Å². The van der Waals surface area contributed by atoms with Gasteiger partial charge >= 0.3 is 12.4 Å². The standard InChI is InChI=1S/C14H8F6O3/c15-13(16,17)12(22,14(18,19)20)9-3-1-8(2-4-9)11-6-5-10(7-21)23-11/h1-7,22H. The summed E-state index contributed by atoms with van der Waals surface area (Å²) < 4.78 is 81.4. The highest BCUT2D eigenvalue weighted by molar-refractivity contribution is 5.72. The zero-order valence-corrected chi connectivity index (χ0v) is 11.1. The predicted molar refractivity (Wildman–Crippen MR) is 65.5 cm³/mol. The van der Waals surface area contributed by atoms with Gasteiger partial charge in [-0.05, 0) is 12.1 Å². The molecule has 1 aromatic heterocycles. The third kappa shape index (κ3) is 2.83. The van der Waals surface area contributed by atoms with Crippen LogP contribution in [0.2, 0.25) is 0 Å². The van der Waals surface area contributed by atoms with Crippen LogP contribution in [0.25, 0.3) is 11.3 Å². The van der Waals surface area contributed by atoms with Crippen LogP contribution < -0.4 is 0 Å². The largest absolute Gasteiger partial charge is 0.453 e. The summed E-state index contributed by atoms with van der Waals surface area (Å²) >= 11 is 0. The van der Waals surface area contributed by atoms with Gasteiger partial charge in [0.15, 0.2) is 12.0 Å². The average molecular weight is 338 g/mol. The van der Waals surface area contributed by atoms with Gasteiger partial charge in [-0.2, -0.15) is 26.3 Å². The van der Waals surface area contributed by atoms with E-state index in [4.69, 9.17) is 4.42 Å². The lowest BCUT2D eigenvalue weighted by Gasteiger charge is -2.32. The minimum Gasteiger partial charge on any atom is -0.453 e. The van der Waals surface area contributed by atoms with E-state index < -0.39 is 23.5 Å². The van der Waals surface area contributed by atoms with Crippen LogP contribution in [0.15, 0.2) is 40.8 Å². The zero-order chi connectivity index (χ0) is 17.5. The summed E-state index contributed by atoms with van der Waals surface area (Å²) in [6, 6.07) is 5.46. The highest BCUT2D eigenvalue weighted by Gasteiger charge is 2.71. The molecule has 1 heterocycles. The van der Waals surface area contributed by atoms with Crippen molar-refractivity contribution in [2.24, 2.45) is 0 Å². The summed E-state index contributed by atoms with van der Waals surface area (Å²) in [5.74, 6) is 0.0346. The first-order valence-corrected chi connectivity index (χ1v) is 6.02. The number of carbonyl (C=O) groups excluding carboxylic acids is 1. The predicted octanol–water partition coefficient (Wildman–Crippen LogP) is 4.07. The van der Waals surface area contributed by atoms with Gasteiger partial charge in [0.2, 0.25) is 0 Å². The lowest BCUT2D eigenvalue weighted by molar-refractivity contribution is -0.376. The summed E-state index contributed by atoms with van der Waals surface area (Å²) in [7, 11) is 0. The second-order valence-electron chi connectivity index (χ2n) is 4.60. The Labute approximate surface area is 125 Å². The van der Waals surface area contributed by atoms with Crippen LogP contribution >= 0.6 is 0 Å². The van der Waals surface area contributed by atoms with Crippen LogP contribution in [0.3, 0.4) is 0 Å². The third-order valence-corrected chi connectivity index (χ3v) is 3.15. The fraction of sp³-hybridized carbons (Fsp3) is 0.214. The lowest BCUT2D eigenvalue weighted by atomic mass is 9.91. The van der Waals surface area contributed by atoms with Crippen molar-refractivity contribution in [1.82, 2.24) is 0 Å². The zero-order valence-electron chi connectivity index (χ0n) is 11.1. The van der Waals surface area contributed by atoms with Crippen LogP contribution in [0.1, 0.15) is 16.1 Å². The van der Waals surface area contributed by atoms with Crippen molar-refractivity contribution >= 4 is 6.29 Å². The number of furan rings is 1. The SMILES string of the molecule is O=Cc1ccc(-c2ccc(C(O)(C(F)(F)F)C(F)(F)F)cc2)o1. The van der Waals surface area contributed by atoms with Gasteiger partial charge in [-0.25, -0.2) is 0 Å². The monoisotopic (exact) mass is 338 g/mol. The molecule has 1 N–H and O–H groups in total. The molecule has 0 saturated carbocycles. The van der Waals surface area contributed by atoms with E-state index in [9.17, 15) is 36.2 Å². The van der Waals surface area contributed by atoms with Crippen LogP contribution in [-0.4, -0.2) is 23.7 Å². The molecule has 0 amide bonds. The Kier molecular flexibility index (Phi) is 4.02. The van der Waals surface area contributed by atoms with Gasteiger partial charge in [0.05, 0.1) is 0 Å². The molecule has 2 rings (SSSR count). The van der Waals surface area contributed by atoms with Gasteiger partial charge in [0, 0.05) is 11.1 Å². The second-order valence-corrected chi connectivity index (χ2v) is 4.60. The molecule has 0 atom stereocenters. The quantitative estimate of drug-likeness (QED) is 0.678. The Balaban J connectivity index is 2.46. The molecule has 0 fully saturated rings. The molecule has 1 aromatic carbocycles. The first-order chi connectivity index (χ1) is 10.5. The number of aldehydes is 1. The van der Waals surface area contributed by atoms with Crippen LogP contribution in [0.5, 0.6) is 0 Å². The molecule has 124 valence electrons. The molecule has 0 aliphatic carbocycles. The molecule has 2 aromatic rings. The van der Waals surface area contributed by atoms with Crippen molar-refractivity contribution < 1.29 is 40.7 Å². The van der Waals surface area contributed by atoms with Crippen molar-refractivity contribution in [3.05, 3.63) is 47.7 Å². The smallest absolute Gasteiger partial charge is 0.430 e. The number of hydrogen-bond acceptors (Lipinski definition) is 3. The maximum absolute atomic E-state index is 12.7. The molecule has 0 bridgehead atoms. The van der Waals surface area contributed by atoms with E-state index in [0.717, 1.165) is 12.1 Å². The molecular formula is C14H8F6O3. The first-order valence-electron chi connectivity index (χ1n) is 6.02. The number of rotatable bonds is 3. The molecule has 3 nitrogen and oxygen atoms in total. The minimum absolute atomic E-state index is 0.0498. The molecule has 0 aliphatic heterocycles. The summed E-state index contributed by atoms with van der Waals surface area (Å²) in [4.78, 5) is 10.5. The van der Waals surface area contributed by atoms with Gasteiger partial charge in [-0.15, -0.1) is 0 Å². The van der Waals surface area contributed by atoms with Crippen LogP contribution in [0, 0.1) is 0 Å². The average Bonchev–Trinajstić information content (AvgIpc) is 2.93. The van der Waals surface area contributed by atoms with Gasteiger partial charge < -0.3 is 9.52 Å². The molecule has 0 unspecified atom stereocenters. The van der Waals surface area contributed by atoms with E-state index in [0.29, 0.717) is 18.4 Å². The molecule has 0 aliphatic rings. The van der Waals surface area contributed by atoms with E-state index in [2.05, 4.69) is 0 Å². The molecule has 9 heteroatoms. The number of aliphatic hydroxyl groups is 1. The van der Waals surface area contributed by atoms with Gasteiger partial charge in [-0.1, -0.05) is 24.3 Å². The molecule has 0 radical (unpaired) electrons. The van der Waals surface area contributed by atoms with Crippen LogP contribution in [0.4, 0.5) is 26.3 Å². The maximum Gasteiger partial charge on any atom is 0.430 e. The summed E-state index contributed by atoms with van der Waals surface area (Å²) in [5, 5.41) is 9.24. The highest BCUT2D eigenvalue weighted by atomic mass is 19.4. The summed E-state index contributed by atoms with van der Waals surface area (Å²) in [6.45, 7) is 0. The number of halogens is 6. The normalized spacial score (nSPS) is 13.2. The summed E-state index contributed by atoms with van der Waals surface area (Å²) in [5.41, 5.74) is -6.20. The Hall–Kier alpha value is -2.29. The Bertz CT molecular complexity index is 683. The van der Waals surface area contributed by atoms with Crippen molar-refractivity contribution in [2.75, 3.05) is 0 Å². The van der Waals surface area contributed by atoms with Crippen molar-refractivity contribution in [2.45, 2.75) is 18.0 Å². The maximum atomic E-state index is 12.7. The number of benzene rings is 1. The molecular weight excluding hydrogens is 330 g/mol. The van der Waals surface area contributed by atoms with E-state index >= 15 is 0 Å². The second kappa shape index (κ2) is 5.41. The van der Waals surface area contributed by atoms with Crippen molar-refractivity contribution in [1.29, 1.82) is 0 Å². The number of alkyl halides is 6. The molecule has 0 saturated heterocycles. The Morgan fingerprint density at radius 3 is 1.78 bits per heavy atom. The minimum atomic E-state index is -5.94. The fourth-order valence-corrected chi connectivity index (χ4v) is 1.94. The van der Waals surface area contributed by atoms with E-state index in [1.54, 1.807) is 0 Å². The van der Waals surface area contributed by atoms with E-state index in [1.807, 2.05) is 0 Å². The Morgan fingerprint density at radius 1 is 0.870 bits per heavy atom. The summed E-state index contributed by atoms with van der Waals surface area (Å²) in [6.07, 6.45) is -11.5. The van der Waals surface area contributed by atoms with Gasteiger partial charge in [0.25, 0.3) is 5.60 Å². The first kappa shape index (κ1) is 17.1. The molecule has 23 heavy (non-hydrogen) atoms. The Morgan fingerprint density at radius 2 is 1.39 bits per heavy atom. The van der Waals surface area contributed by atoms with Gasteiger partial charge in [0.1, 0.15) is 5.76 Å². The van der Waals surface area contributed by atoms with Crippen molar-refractivity contribution in [3.8, 4) is 11.3 Å². The lowest BCUT2D eigenvalue weighted by Crippen LogP contribution is -2.53. The van der Waals surface area contributed by atoms with Crippen molar-refractivity contribution in [3.63, 3.8) is 0 Å². The van der Waals surface area contributed by atoms with Gasteiger partial charge in [-0.3, -0.25) is 4.79 Å². The molecule has 0 spiro atoms. The third-order valence-electron chi connectivity index (χ3n) is 3.15. The number of hydrogen-bond donors (Lipinski definition) is 1. The van der Waals surface area contributed by atoms with E-state index in [-0.39, 0.29) is 17.1 Å². The number of carbonyl (C=O) groups is 1. The van der Waals surface area contributed by atoms with E-state index in [1.165, 1.54) is 12.1 Å². The highest BCUT2D eigenvalue weighted by Crippen LogP contribution is 2.50.